The Morgan fingerprint density at radius 2 is 1.78 bits per heavy atom. The van der Waals surface area contributed by atoms with Gasteiger partial charge in [0, 0.05) is 113 Å². The largest absolute Gasteiger partial charge is 0.384 e. The number of imide groups is 2. The van der Waals surface area contributed by atoms with Crippen LogP contribution in [0.4, 0.5) is 26.0 Å². The Morgan fingerprint density at radius 3 is 2.53 bits per heavy atom. The standard InChI is InChI=1S/C48H55F2N11O7/c1-28(62)58-18-13-38-36(26-58)45(59-15-4-5-29-21-34(30-23-52-55(2)24-30)35(44(49)50)22-40(29)59)54-61(38)31-11-16-57(17-12-31)42(64)27-56-19-20-68-32(25-56)10-14-51-37-7-3-6-33-43(37)48(67)60(47(33)66)39-8-9-41(63)53-46(39)65/h3,6-7,21-24,31-32,39,44,51H,4-5,8-20,25-27H2,1-2H3,(H,53,63,65). The number of hydrogen-bond acceptors (Lipinski definition) is 12. The number of rotatable bonds is 11. The van der Waals surface area contributed by atoms with Crippen LogP contribution >= 0.6 is 0 Å². The first-order valence-corrected chi connectivity index (χ1v) is 23.6. The normalized spacial score (nSPS) is 21.3. The molecule has 0 spiro atoms. The van der Waals surface area contributed by atoms with Crippen molar-refractivity contribution in [1.82, 2.24) is 44.5 Å². The van der Waals surface area contributed by atoms with Gasteiger partial charge in [-0.1, -0.05) is 6.07 Å². The minimum atomic E-state index is -2.70. The second-order valence-electron chi connectivity index (χ2n) is 18.6. The van der Waals surface area contributed by atoms with Crippen molar-refractivity contribution in [2.75, 3.05) is 69.2 Å². The molecule has 10 rings (SSSR count). The maximum absolute atomic E-state index is 14.8. The number of amides is 6. The summed E-state index contributed by atoms with van der Waals surface area (Å²) >= 11 is 0. The molecule has 4 aromatic rings. The summed E-state index contributed by atoms with van der Waals surface area (Å²) in [5, 5.41) is 15.0. The van der Waals surface area contributed by atoms with E-state index in [4.69, 9.17) is 9.84 Å². The molecule has 0 saturated carbocycles. The zero-order chi connectivity index (χ0) is 47.4. The van der Waals surface area contributed by atoms with E-state index in [0.717, 1.165) is 34.6 Å². The van der Waals surface area contributed by atoms with E-state index in [1.54, 1.807) is 55.3 Å². The SMILES string of the molecule is CC(=O)N1CCc2c(c(N3CCCc4cc(-c5cnn(C)c5)c(C(F)F)cc43)nn2C2CCN(C(=O)CN3CCOC(CCNc4cccc5c4C(=O)N(C4CCC(=O)NC4=O)C5=O)C3)CC2)C1. The molecule has 2 aromatic carbocycles. The Morgan fingerprint density at radius 1 is 0.956 bits per heavy atom. The number of carbonyl (C=O) groups excluding carboxylic acids is 6. The lowest BCUT2D eigenvalue weighted by molar-refractivity contribution is -0.137. The van der Waals surface area contributed by atoms with E-state index in [1.807, 2.05) is 15.9 Å². The molecule has 6 amide bonds. The number of fused-ring (bicyclic) bond motifs is 3. The van der Waals surface area contributed by atoms with Crippen molar-refractivity contribution in [3.8, 4) is 11.1 Å². The summed E-state index contributed by atoms with van der Waals surface area (Å²) in [5.74, 6) is -1.53. The number of aryl methyl sites for hydroxylation is 2. The average molecular weight is 936 g/mol. The quantitative estimate of drug-likeness (QED) is 0.207. The van der Waals surface area contributed by atoms with Crippen LogP contribution in [0, 0.1) is 0 Å². The topological polar surface area (TPSA) is 188 Å². The summed E-state index contributed by atoms with van der Waals surface area (Å²) in [7, 11) is 1.76. The molecule has 2 atom stereocenters. The van der Waals surface area contributed by atoms with E-state index in [1.165, 1.54) is 0 Å². The molecule has 2 unspecified atom stereocenters. The maximum Gasteiger partial charge on any atom is 0.264 e. The highest BCUT2D eigenvalue weighted by molar-refractivity contribution is 6.25. The van der Waals surface area contributed by atoms with Gasteiger partial charge in [0.25, 0.3) is 18.2 Å². The molecule has 6 aliphatic heterocycles. The Kier molecular flexibility index (Phi) is 12.3. The first-order chi connectivity index (χ1) is 32.8. The van der Waals surface area contributed by atoms with Gasteiger partial charge in [-0.3, -0.25) is 53.2 Å². The van der Waals surface area contributed by atoms with Gasteiger partial charge in [0.05, 0.1) is 49.2 Å². The molecule has 0 bridgehead atoms. The fourth-order valence-corrected chi connectivity index (χ4v) is 10.9. The lowest BCUT2D eigenvalue weighted by Gasteiger charge is -2.37. The number of ether oxygens (including phenoxy) is 1. The van der Waals surface area contributed by atoms with E-state index < -0.39 is 36.1 Å². The molecule has 18 nitrogen and oxygen atoms in total. The van der Waals surface area contributed by atoms with E-state index in [0.29, 0.717) is 113 Å². The molecule has 3 fully saturated rings. The lowest BCUT2D eigenvalue weighted by Crippen LogP contribution is -2.54. The number of hydrogen-bond donors (Lipinski definition) is 2. The molecule has 20 heteroatoms. The predicted octanol–water partition coefficient (Wildman–Crippen LogP) is 3.98. The number of aromatic nitrogens is 4. The number of benzene rings is 2. The second kappa shape index (κ2) is 18.5. The van der Waals surface area contributed by atoms with Crippen LogP contribution in [0.3, 0.4) is 0 Å². The van der Waals surface area contributed by atoms with Crippen LogP contribution in [0.25, 0.3) is 11.1 Å². The molecule has 358 valence electrons. The summed E-state index contributed by atoms with van der Waals surface area (Å²) in [6.07, 6.45) is 4.71. The number of piperidine rings is 2. The number of alkyl halides is 2. The van der Waals surface area contributed by atoms with Crippen LogP contribution in [0.5, 0.6) is 0 Å². The van der Waals surface area contributed by atoms with Crippen LogP contribution in [0.1, 0.15) is 101 Å². The third-order valence-electron chi connectivity index (χ3n) is 14.4. The van der Waals surface area contributed by atoms with Crippen LogP contribution < -0.4 is 15.5 Å². The van der Waals surface area contributed by atoms with Crippen LogP contribution in [0.2, 0.25) is 0 Å². The van der Waals surface area contributed by atoms with Crippen molar-refractivity contribution in [2.45, 2.75) is 89.4 Å². The number of likely N-dealkylation sites (tertiary alicyclic amines) is 1. The summed E-state index contributed by atoms with van der Waals surface area (Å²) < 4.78 is 39.3. The van der Waals surface area contributed by atoms with Crippen molar-refractivity contribution < 1.29 is 42.3 Å². The highest BCUT2D eigenvalue weighted by Gasteiger charge is 2.46. The summed E-state index contributed by atoms with van der Waals surface area (Å²) in [4.78, 5) is 86.4. The van der Waals surface area contributed by atoms with E-state index in [9.17, 15) is 37.5 Å². The molecule has 2 N–H and O–H groups in total. The number of carbonyl (C=O) groups is 6. The molecule has 8 heterocycles. The highest BCUT2D eigenvalue weighted by Crippen LogP contribution is 2.44. The van der Waals surface area contributed by atoms with Crippen LogP contribution in [-0.4, -0.2) is 146 Å². The van der Waals surface area contributed by atoms with Gasteiger partial charge < -0.3 is 24.8 Å². The number of nitrogens with one attached hydrogen (secondary N) is 2. The average Bonchev–Trinajstić information content (AvgIpc) is 4.01. The zero-order valence-electron chi connectivity index (χ0n) is 38.2. The smallest absolute Gasteiger partial charge is 0.264 e. The van der Waals surface area contributed by atoms with Gasteiger partial charge in [-0.05, 0) is 73.9 Å². The van der Waals surface area contributed by atoms with E-state index in [2.05, 4.69) is 30.2 Å². The van der Waals surface area contributed by atoms with Gasteiger partial charge in [-0.2, -0.15) is 10.2 Å². The van der Waals surface area contributed by atoms with Crippen LogP contribution in [0.15, 0.2) is 42.7 Å². The number of nitrogens with zero attached hydrogens (tertiary/aromatic N) is 9. The summed E-state index contributed by atoms with van der Waals surface area (Å²) in [5.41, 5.74) is 5.60. The molecule has 2 aromatic heterocycles. The van der Waals surface area contributed by atoms with Gasteiger partial charge in [-0.15, -0.1) is 0 Å². The van der Waals surface area contributed by atoms with Crippen molar-refractivity contribution in [1.29, 1.82) is 0 Å². The molecule has 68 heavy (non-hydrogen) atoms. The first-order valence-electron chi connectivity index (χ1n) is 23.6. The molecule has 0 aliphatic carbocycles. The highest BCUT2D eigenvalue weighted by atomic mass is 19.3. The van der Waals surface area contributed by atoms with Gasteiger partial charge in [0.2, 0.25) is 23.6 Å². The van der Waals surface area contributed by atoms with E-state index >= 15 is 0 Å². The Bertz CT molecular complexity index is 2690. The minimum Gasteiger partial charge on any atom is -0.384 e. The third-order valence-corrected chi connectivity index (χ3v) is 14.4. The Labute approximate surface area is 391 Å². The summed E-state index contributed by atoms with van der Waals surface area (Å²) in [6.45, 7) is 6.49. The van der Waals surface area contributed by atoms with E-state index in [-0.39, 0.29) is 60.0 Å². The van der Waals surface area contributed by atoms with Crippen molar-refractivity contribution >= 4 is 52.6 Å². The predicted molar refractivity (Wildman–Crippen MR) is 243 cm³/mol. The van der Waals surface area contributed by atoms with Crippen molar-refractivity contribution in [3.05, 3.63) is 76.2 Å². The minimum absolute atomic E-state index is 0.0132. The first kappa shape index (κ1) is 45.3. The number of morpholine rings is 1. The third kappa shape index (κ3) is 8.52. The zero-order valence-corrected chi connectivity index (χ0v) is 38.2. The molecule has 0 radical (unpaired) electrons. The van der Waals surface area contributed by atoms with Crippen molar-refractivity contribution in [2.24, 2.45) is 7.05 Å². The van der Waals surface area contributed by atoms with Gasteiger partial charge in [-0.25, -0.2) is 8.78 Å². The molecular weight excluding hydrogens is 881 g/mol. The van der Waals surface area contributed by atoms with Crippen molar-refractivity contribution in [3.63, 3.8) is 0 Å². The monoisotopic (exact) mass is 935 g/mol. The molecule has 6 aliphatic rings. The second-order valence-corrected chi connectivity index (χ2v) is 18.6. The lowest BCUT2D eigenvalue weighted by atomic mass is 9.92. The van der Waals surface area contributed by atoms with Gasteiger partial charge in [0.15, 0.2) is 5.82 Å². The van der Waals surface area contributed by atoms with Gasteiger partial charge in [0.1, 0.15) is 6.04 Å². The van der Waals surface area contributed by atoms with Gasteiger partial charge >= 0.3 is 0 Å². The Balaban J connectivity index is 0.772. The maximum atomic E-state index is 14.8. The fraction of sp³-hybridized carbons (Fsp3) is 0.500. The number of halogens is 2. The molecular formula is C48H55F2N11O7. The molecule has 3 saturated heterocycles. The Hall–Kier alpha value is -6.54. The summed E-state index contributed by atoms with van der Waals surface area (Å²) in [6, 6.07) is 7.41. The number of anilines is 3. The fourth-order valence-electron chi connectivity index (χ4n) is 10.9. The van der Waals surface area contributed by atoms with Crippen LogP contribution in [-0.2, 0) is 50.3 Å².